The number of rotatable bonds is 8. The summed E-state index contributed by atoms with van der Waals surface area (Å²) in [6, 6.07) is 15.9. The molecule has 216 valence electrons. The molecule has 0 aliphatic carbocycles. The van der Waals surface area contributed by atoms with Gasteiger partial charge in [0.15, 0.2) is 0 Å². The minimum absolute atomic E-state index is 0.0163. The van der Waals surface area contributed by atoms with E-state index < -0.39 is 18.1 Å². The van der Waals surface area contributed by atoms with Crippen LogP contribution in [0.5, 0.6) is 5.75 Å². The second-order valence-electron chi connectivity index (χ2n) is 9.19. The molecule has 0 saturated carbocycles. The van der Waals surface area contributed by atoms with Gasteiger partial charge in [-0.05, 0) is 35.7 Å². The zero-order chi connectivity index (χ0) is 30.0. The van der Waals surface area contributed by atoms with Crippen LogP contribution >= 0.6 is 0 Å². The van der Waals surface area contributed by atoms with Crippen molar-refractivity contribution in [3.8, 4) is 17.6 Å². The smallest absolute Gasteiger partial charge is 0.489 e. The molecule has 2 aromatic carbocycles. The Morgan fingerprint density at radius 1 is 1.15 bits per heavy atom. The van der Waals surface area contributed by atoms with Crippen LogP contribution in [0, 0.1) is 11.8 Å². The van der Waals surface area contributed by atoms with Crippen LogP contribution in [0.15, 0.2) is 54.7 Å². The molecule has 0 bridgehead atoms. The number of ether oxygens (including phenoxy) is 1. The molecule has 0 unspecified atom stereocenters. The van der Waals surface area contributed by atoms with E-state index in [1.165, 1.54) is 5.56 Å². The van der Waals surface area contributed by atoms with E-state index in [1.54, 1.807) is 6.92 Å². The van der Waals surface area contributed by atoms with E-state index in [2.05, 4.69) is 51.0 Å². The highest BCUT2D eigenvalue weighted by Crippen LogP contribution is 2.23. The molecule has 1 aliphatic heterocycles. The van der Waals surface area contributed by atoms with Crippen LogP contribution in [0.4, 0.5) is 19.1 Å². The summed E-state index contributed by atoms with van der Waals surface area (Å²) in [5.74, 6) is 2.92. The van der Waals surface area contributed by atoms with Gasteiger partial charge in [0.1, 0.15) is 12.4 Å². The predicted octanol–water partition coefficient (Wildman–Crippen LogP) is 4.41. The van der Waals surface area contributed by atoms with E-state index in [-0.39, 0.29) is 12.3 Å². The molecular formula is C29H29F3N4O5. The van der Waals surface area contributed by atoms with Gasteiger partial charge >= 0.3 is 18.1 Å². The van der Waals surface area contributed by atoms with E-state index in [1.807, 2.05) is 30.5 Å². The Morgan fingerprint density at radius 3 is 2.46 bits per heavy atom. The number of nitrogens with zero attached hydrogens (tertiary/aromatic N) is 3. The third-order valence-corrected chi connectivity index (χ3v) is 6.06. The number of anilines is 1. The van der Waals surface area contributed by atoms with Crippen molar-refractivity contribution in [3.05, 3.63) is 82.7 Å². The minimum atomic E-state index is -5.08. The summed E-state index contributed by atoms with van der Waals surface area (Å²) in [5, 5.41) is 16.2. The zero-order valence-corrected chi connectivity index (χ0v) is 22.2. The fourth-order valence-electron chi connectivity index (χ4n) is 4.17. The van der Waals surface area contributed by atoms with E-state index in [0.29, 0.717) is 12.6 Å². The van der Waals surface area contributed by atoms with Crippen molar-refractivity contribution in [2.75, 3.05) is 12.3 Å². The third-order valence-electron chi connectivity index (χ3n) is 6.06. The molecule has 1 aromatic heterocycles. The summed E-state index contributed by atoms with van der Waals surface area (Å²) < 4.78 is 37.7. The molecule has 1 aliphatic rings. The van der Waals surface area contributed by atoms with E-state index in [9.17, 15) is 18.0 Å². The molecule has 4 rings (SSSR count). The lowest BCUT2D eigenvalue weighted by atomic mass is 9.96. The molecule has 41 heavy (non-hydrogen) atoms. The predicted molar refractivity (Wildman–Crippen MR) is 144 cm³/mol. The van der Waals surface area contributed by atoms with E-state index >= 15 is 0 Å². The van der Waals surface area contributed by atoms with Gasteiger partial charge in [0.2, 0.25) is 5.95 Å². The summed E-state index contributed by atoms with van der Waals surface area (Å²) in [6.45, 7) is 4.76. The fraction of sp³-hybridized carbons (Fsp3) is 0.310. The van der Waals surface area contributed by atoms with Crippen LogP contribution < -0.4 is 10.5 Å². The maximum absolute atomic E-state index is 11.1. The summed E-state index contributed by atoms with van der Waals surface area (Å²) >= 11 is 0. The van der Waals surface area contributed by atoms with E-state index in [0.717, 1.165) is 54.2 Å². The average molecular weight is 571 g/mol. The second kappa shape index (κ2) is 14.1. The summed E-state index contributed by atoms with van der Waals surface area (Å²) in [4.78, 5) is 30.9. The highest BCUT2D eigenvalue weighted by molar-refractivity contribution is 5.73. The van der Waals surface area contributed by atoms with Crippen molar-refractivity contribution < 1.29 is 37.7 Å². The summed E-state index contributed by atoms with van der Waals surface area (Å²) in [6.07, 6.45) is -2.40. The van der Waals surface area contributed by atoms with Crippen LogP contribution in [-0.2, 0) is 35.7 Å². The van der Waals surface area contributed by atoms with Gasteiger partial charge in [-0.1, -0.05) is 42.3 Å². The Morgan fingerprint density at radius 2 is 1.83 bits per heavy atom. The highest BCUT2D eigenvalue weighted by atomic mass is 19.4. The lowest BCUT2D eigenvalue weighted by Crippen LogP contribution is -2.31. The first-order valence-electron chi connectivity index (χ1n) is 12.5. The monoisotopic (exact) mass is 570 g/mol. The zero-order valence-electron chi connectivity index (χ0n) is 22.2. The molecule has 2 heterocycles. The Kier molecular flexibility index (Phi) is 10.7. The van der Waals surface area contributed by atoms with E-state index in [4.69, 9.17) is 25.5 Å². The number of aromatic nitrogens is 2. The number of nitrogen functional groups attached to an aromatic ring is 1. The largest absolute Gasteiger partial charge is 0.490 e. The number of alkyl halides is 3. The van der Waals surface area contributed by atoms with Crippen LogP contribution in [0.1, 0.15) is 47.2 Å². The Balaban J connectivity index is 0.000000587. The quantitative estimate of drug-likeness (QED) is 0.336. The number of carbonyl (C=O) groups is 2. The Bertz CT molecular complexity index is 1420. The Hall–Kier alpha value is -4.63. The van der Waals surface area contributed by atoms with Crippen molar-refractivity contribution in [1.29, 1.82) is 0 Å². The van der Waals surface area contributed by atoms with Crippen LogP contribution in [0.25, 0.3) is 0 Å². The molecule has 3 aromatic rings. The van der Waals surface area contributed by atoms with Gasteiger partial charge in [-0.3, -0.25) is 9.69 Å². The van der Waals surface area contributed by atoms with Gasteiger partial charge in [-0.15, -0.1) is 5.92 Å². The molecule has 12 heteroatoms. The number of carboxylic acids is 2. The molecule has 9 nitrogen and oxygen atoms in total. The first kappa shape index (κ1) is 30.9. The van der Waals surface area contributed by atoms with Gasteiger partial charge in [0.05, 0.1) is 18.0 Å². The normalized spacial score (nSPS) is 13.5. The van der Waals surface area contributed by atoms with Gasteiger partial charge in [-0.2, -0.15) is 13.2 Å². The molecule has 0 spiro atoms. The number of carboxylic acid groups (broad SMARTS) is 2. The van der Waals surface area contributed by atoms with Crippen LogP contribution in [0.3, 0.4) is 0 Å². The Labute approximate surface area is 234 Å². The van der Waals surface area contributed by atoms with Crippen molar-refractivity contribution in [2.24, 2.45) is 0 Å². The number of hydrogen-bond donors (Lipinski definition) is 3. The molecule has 0 amide bonds. The maximum atomic E-state index is 11.1. The molecule has 0 radical (unpaired) electrons. The SMILES string of the molecule is CC#C[C@@H](CC(=O)O)c1ccc(OCc2cccc(CN3CCc4nc(N)ncc4C3)c2)cc1.O=C(O)C(F)(F)F. The van der Waals surface area contributed by atoms with Gasteiger partial charge in [0.25, 0.3) is 0 Å². The molecule has 1 atom stereocenters. The average Bonchev–Trinajstić information content (AvgIpc) is 2.92. The molecular weight excluding hydrogens is 541 g/mol. The maximum Gasteiger partial charge on any atom is 0.490 e. The summed E-state index contributed by atoms with van der Waals surface area (Å²) in [5.41, 5.74) is 11.1. The molecule has 0 saturated heterocycles. The van der Waals surface area contributed by atoms with Crippen LogP contribution in [-0.4, -0.2) is 49.7 Å². The highest BCUT2D eigenvalue weighted by Gasteiger charge is 2.38. The first-order valence-corrected chi connectivity index (χ1v) is 12.5. The van der Waals surface area contributed by atoms with Crippen molar-refractivity contribution in [1.82, 2.24) is 14.9 Å². The van der Waals surface area contributed by atoms with Crippen LogP contribution in [0.2, 0.25) is 0 Å². The number of fused-ring (bicyclic) bond motifs is 1. The van der Waals surface area contributed by atoms with Crippen molar-refractivity contribution >= 4 is 17.9 Å². The van der Waals surface area contributed by atoms with Gasteiger partial charge in [0, 0.05) is 37.8 Å². The number of aliphatic carboxylic acids is 2. The molecule has 4 N–H and O–H groups in total. The number of halogens is 3. The van der Waals surface area contributed by atoms with Gasteiger partial charge < -0.3 is 20.7 Å². The topological polar surface area (TPSA) is 139 Å². The molecule has 0 fully saturated rings. The lowest BCUT2D eigenvalue weighted by molar-refractivity contribution is -0.192. The summed E-state index contributed by atoms with van der Waals surface area (Å²) in [7, 11) is 0. The van der Waals surface area contributed by atoms with Gasteiger partial charge in [-0.25, -0.2) is 14.8 Å². The minimum Gasteiger partial charge on any atom is -0.489 e. The first-order chi connectivity index (χ1) is 19.4. The third kappa shape index (κ3) is 9.81. The number of hydrogen-bond acceptors (Lipinski definition) is 7. The fourth-order valence-corrected chi connectivity index (χ4v) is 4.17. The standard InChI is InChI=1S/C27H28N4O3.C2HF3O2/c1-2-4-22(14-26(32)33)21-7-9-24(10-8-21)34-18-20-6-3-5-19(13-20)16-31-12-11-25-23(17-31)15-29-27(28)30-25;3-2(4,5)1(6)7/h3,5-10,13,15,22H,11-12,14,16-18H2,1H3,(H,32,33)(H2,28,29,30);(H,6,7)/t22-;/m0./s1. The lowest BCUT2D eigenvalue weighted by Gasteiger charge is -2.28. The number of benzene rings is 2. The number of nitrogens with two attached hydrogens (primary N) is 1. The van der Waals surface area contributed by atoms with Crippen molar-refractivity contribution in [2.45, 2.75) is 51.6 Å². The second-order valence-corrected chi connectivity index (χ2v) is 9.19. The van der Waals surface area contributed by atoms with Crippen molar-refractivity contribution in [3.63, 3.8) is 0 Å².